The molecule has 0 heterocycles. The number of hydrogen-bond donors (Lipinski definition) is 1. The summed E-state index contributed by atoms with van der Waals surface area (Å²) in [7, 11) is -1.86. The van der Waals surface area contributed by atoms with Crippen LogP contribution < -0.4 is 9.62 Å². The molecule has 0 unspecified atom stereocenters. The van der Waals surface area contributed by atoms with Crippen LogP contribution in [0.25, 0.3) is 0 Å². The van der Waals surface area contributed by atoms with Crippen molar-refractivity contribution in [1.82, 2.24) is 0 Å². The van der Waals surface area contributed by atoms with Gasteiger partial charge in [-0.15, -0.1) is 11.8 Å². The number of anilines is 2. The number of thioether (sulfide) groups is 1. The van der Waals surface area contributed by atoms with Crippen LogP contribution >= 0.6 is 27.7 Å². The van der Waals surface area contributed by atoms with Gasteiger partial charge in [-0.2, -0.15) is 0 Å². The highest BCUT2D eigenvalue weighted by Gasteiger charge is 2.12. The zero-order valence-corrected chi connectivity index (χ0v) is 17.1. The van der Waals surface area contributed by atoms with Crippen molar-refractivity contribution in [2.75, 3.05) is 28.7 Å². The summed E-state index contributed by atoms with van der Waals surface area (Å²) in [6.45, 7) is 0. The fourth-order valence-corrected chi connectivity index (χ4v) is 3.56. The molecule has 0 bridgehead atoms. The zero-order valence-electron chi connectivity index (χ0n) is 13.9. The standard InChI is InChI=1S/C17H19BrN2O3S2/c1-20(25(2,22)23)16-5-3-4-15(10-16)19-17(21)12-24-11-13-6-8-14(18)9-7-13/h3-10H,11-12H2,1-2H3,(H,19,21). The van der Waals surface area contributed by atoms with Crippen molar-refractivity contribution in [3.8, 4) is 0 Å². The van der Waals surface area contributed by atoms with E-state index < -0.39 is 10.0 Å². The first-order valence-corrected chi connectivity index (χ1v) is 11.2. The molecule has 0 fully saturated rings. The first kappa shape index (κ1) is 19.8. The number of sulfonamides is 1. The van der Waals surface area contributed by atoms with Gasteiger partial charge in [-0.25, -0.2) is 8.42 Å². The average molecular weight is 443 g/mol. The number of nitrogens with zero attached hydrogens (tertiary/aromatic N) is 1. The number of rotatable bonds is 7. The molecule has 0 radical (unpaired) electrons. The summed E-state index contributed by atoms with van der Waals surface area (Å²) in [6.07, 6.45) is 1.14. The Hall–Kier alpha value is -1.51. The molecule has 2 aromatic carbocycles. The molecule has 0 aliphatic carbocycles. The van der Waals surface area contributed by atoms with Crippen molar-refractivity contribution in [2.24, 2.45) is 0 Å². The van der Waals surface area contributed by atoms with Crippen molar-refractivity contribution in [2.45, 2.75) is 5.75 Å². The van der Waals surface area contributed by atoms with Crippen molar-refractivity contribution >= 4 is 55.0 Å². The van der Waals surface area contributed by atoms with Crippen LogP contribution in [0.1, 0.15) is 5.56 Å². The van der Waals surface area contributed by atoms with E-state index in [1.54, 1.807) is 24.3 Å². The Kier molecular flexibility index (Phi) is 6.92. The molecule has 0 atom stereocenters. The highest BCUT2D eigenvalue weighted by Crippen LogP contribution is 2.21. The predicted molar refractivity (Wildman–Crippen MR) is 109 cm³/mol. The summed E-state index contributed by atoms with van der Waals surface area (Å²) in [4.78, 5) is 12.1. The largest absolute Gasteiger partial charge is 0.325 e. The molecule has 0 saturated carbocycles. The van der Waals surface area contributed by atoms with Crippen LogP contribution in [-0.4, -0.2) is 33.4 Å². The van der Waals surface area contributed by atoms with E-state index in [0.717, 1.165) is 22.0 Å². The second kappa shape index (κ2) is 8.73. The maximum absolute atomic E-state index is 12.1. The fraction of sp³-hybridized carbons (Fsp3) is 0.235. The Morgan fingerprint density at radius 3 is 2.52 bits per heavy atom. The third-order valence-corrected chi connectivity index (χ3v) is 6.14. The Labute approximate surface area is 161 Å². The van der Waals surface area contributed by atoms with Gasteiger partial charge < -0.3 is 5.32 Å². The summed E-state index contributed by atoms with van der Waals surface area (Å²) in [5.74, 6) is 0.945. The number of carbonyl (C=O) groups is 1. The molecule has 0 aromatic heterocycles. The van der Waals surface area contributed by atoms with Crippen LogP contribution in [0.5, 0.6) is 0 Å². The normalized spacial score (nSPS) is 11.2. The number of halogens is 1. The van der Waals surface area contributed by atoms with Gasteiger partial charge in [0.15, 0.2) is 0 Å². The minimum absolute atomic E-state index is 0.124. The molecule has 5 nitrogen and oxygen atoms in total. The number of amides is 1. The molecule has 1 N–H and O–H groups in total. The van der Waals surface area contributed by atoms with Crippen LogP contribution in [0.2, 0.25) is 0 Å². The third kappa shape index (κ3) is 6.37. The van der Waals surface area contributed by atoms with Gasteiger partial charge in [0, 0.05) is 23.0 Å². The van der Waals surface area contributed by atoms with Crippen molar-refractivity contribution < 1.29 is 13.2 Å². The summed E-state index contributed by atoms with van der Waals surface area (Å²) in [5.41, 5.74) is 2.22. The summed E-state index contributed by atoms with van der Waals surface area (Å²) < 4.78 is 25.4. The Morgan fingerprint density at radius 2 is 1.88 bits per heavy atom. The maximum Gasteiger partial charge on any atom is 0.234 e. The predicted octanol–water partition coefficient (Wildman–Crippen LogP) is 3.72. The fourth-order valence-electron chi connectivity index (χ4n) is 2.01. The second-order valence-corrected chi connectivity index (χ2v) is 9.36. The number of nitrogens with one attached hydrogen (secondary N) is 1. The van der Waals surface area contributed by atoms with E-state index in [4.69, 9.17) is 0 Å². The minimum atomic E-state index is -3.34. The number of benzene rings is 2. The third-order valence-electron chi connectivity index (χ3n) is 3.41. The maximum atomic E-state index is 12.1. The first-order chi connectivity index (χ1) is 11.8. The van der Waals surface area contributed by atoms with Crippen LogP contribution in [0.3, 0.4) is 0 Å². The highest BCUT2D eigenvalue weighted by molar-refractivity contribution is 9.10. The quantitative estimate of drug-likeness (QED) is 0.709. The van der Waals surface area contributed by atoms with Gasteiger partial charge in [0.1, 0.15) is 0 Å². The molecule has 25 heavy (non-hydrogen) atoms. The van der Waals surface area contributed by atoms with Gasteiger partial charge in [0.2, 0.25) is 15.9 Å². The van der Waals surface area contributed by atoms with Crippen molar-refractivity contribution in [1.29, 1.82) is 0 Å². The molecular weight excluding hydrogens is 424 g/mol. The van der Waals surface area contributed by atoms with Crippen LogP contribution in [0.15, 0.2) is 53.0 Å². The van der Waals surface area contributed by atoms with Gasteiger partial charge in [-0.05, 0) is 35.9 Å². The highest BCUT2D eigenvalue weighted by atomic mass is 79.9. The molecule has 0 aliphatic rings. The molecule has 2 aromatic rings. The van der Waals surface area contributed by atoms with Gasteiger partial charge in [-0.3, -0.25) is 9.10 Å². The van der Waals surface area contributed by atoms with Crippen molar-refractivity contribution in [3.05, 3.63) is 58.6 Å². The van der Waals surface area contributed by atoms with E-state index in [0.29, 0.717) is 17.1 Å². The minimum Gasteiger partial charge on any atom is -0.325 e. The van der Waals surface area contributed by atoms with Crippen molar-refractivity contribution in [3.63, 3.8) is 0 Å². The van der Waals surface area contributed by atoms with E-state index in [-0.39, 0.29) is 5.91 Å². The molecule has 2 rings (SSSR count). The van der Waals surface area contributed by atoms with E-state index in [9.17, 15) is 13.2 Å². The lowest BCUT2D eigenvalue weighted by Gasteiger charge is -2.17. The molecule has 0 aliphatic heterocycles. The Bertz CT molecular complexity index is 839. The molecule has 0 spiro atoms. The Balaban J connectivity index is 1.89. The summed E-state index contributed by atoms with van der Waals surface area (Å²) >= 11 is 4.91. The molecule has 134 valence electrons. The summed E-state index contributed by atoms with van der Waals surface area (Å²) in [5, 5.41) is 2.80. The van der Waals surface area contributed by atoms with Gasteiger partial charge in [0.05, 0.1) is 17.7 Å². The first-order valence-electron chi connectivity index (χ1n) is 7.42. The number of carbonyl (C=O) groups excluding carboxylic acids is 1. The second-order valence-electron chi connectivity index (χ2n) is 5.45. The van der Waals surface area contributed by atoms with E-state index >= 15 is 0 Å². The topological polar surface area (TPSA) is 66.5 Å². The van der Waals surface area contributed by atoms with Gasteiger partial charge >= 0.3 is 0 Å². The smallest absolute Gasteiger partial charge is 0.234 e. The molecule has 8 heteroatoms. The van der Waals surface area contributed by atoms with Gasteiger partial charge in [0.25, 0.3) is 0 Å². The monoisotopic (exact) mass is 442 g/mol. The molecular formula is C17H19BrN2O3S2. The van der Waals surface area contributed by atoms with E-state index in [2.05, 4.69) is 21.2 Å². The lowest BCUT2D eigenvalue weighted by molar-refractivity contribution is -0.113. The SMILES string of the molecule is CN(c1cccc(NC(=O)CSCc2ccc(Br)cc2)c1)S(C)(=O)=O. The average Bonchev–Trinajstić information content (AvgIpc) is 2.55. The van der Waals surface area contributed by atoms with Crippen LogP contribution in [0, 0.1) is 0 Å². The lowest BCUT2D eigenvalue weighted by atomic mass is 10.2. The van der Waals surface area contributed by atoms with Crippen LogP contribution in [-0.2, 0) is 20.6 Å². The van der Waals surface area contributed by atoms with E-state index in [1.165, 1.54) is 23.1 Å². The van der Waals surface area contributed by atoms with Gasteiger partial charge in [-0.1, -0.05) is 34.1 Å². The molecule has 1 amide bonds. The lowest BCUT2D eigenvalue weighted by Crippen LogP contribution is -2.25. The van der Waals surface area contributed by atoms with E-state index in [1.807, 2.05) is 24.3 Å². The Morgan fingerprint density at radius 1 is 1.20 bits per heavy atom. The molecule has 0 saturated heterocycles. The number of hydrogen-bond acceptors (Lipinski definition) is 4. The zero-order chi connectivity index (χ0) is 18.4. The van der Waals surface area contributed by atoms with Crippen LogP contribution in [0.4, 0.5) is 11.4 Å². The summed E-state index contributed by atoms with van der Waals surface area (Å²) in [6, 6.07) is 14.7.